The molecule has 108 valence electrons. The number of amides is 1. The molecular weight excluding hydrogens is 248 g/mol. The smallest absolute Gasteiger partial charge is 0.258 e. The molecule has 0 spiro atoms. The number of carbonyl (C=O) groups excluding carboxylic acids is 1. The van der Waals surface area contributed by atoms with E-state index in [9.17, 15) is 4.79 Å². The second-order valence-electron chi connectivity index (χ2n) is 6.26. The summed E-state index contributed by atoms with van der Waals surface area (Å²) >= 11 is 0. The highest BCUT2D eigenvalue weighted by Gasteiger charge is 2.43. The minimum Gasteiger partial charge on any atom is -0.362 e. The Morgan fingerprint density at radius 1 is 1.25 bits per heavy atom. The SMILES string of the molecule is CCC1(C)Nc2ccccc2C(=O)N1C1CCCCC1. The first-order valence-corrected chi connectivity index (χ1v) is 7.86. The summed E-state index contributed by atoms with van der Waals surface area (Å²) in [6.45, 7) is 4.32. The maximum Gasteiger partial charge on any atom is 0.258 e. The lowest BCUT2D eigenvalue weighted by Crippen LogP contribution is -2.61. The van der Waals surface area contributed by atoms with E-state index in [1.807, 2.05) is 24.3 Å². The predicted octanol–water partition coefficient (Wildman–Crippen LogP) is 4.01. The van der Waals surface area contributed by atoms with Gasteiger partial charge in [0.2, 0.25) is 0 Å². The molecule has 2 aliphatic rings. The van der Waals surface area contributed by atoms with Crippen LogP contribution in [0.3, 0.4) is 0 Å². The molecule has 0 bridgehead atoms. The van der Waals surface area contributed by atoms with E-state index in [4.69, 9.17) is 0 Å². The minimum absolute atomic E-state index is 0.204. The Bertz CT molecular complexity index is 507. The zero-order valence-corrected chi connectivity index (χ0v) is 12.5. The largest absolute Gasteiger partial charge is 0.362 e. The molecule has 1 aliphatic heterocycles. The molecule has 20 heavy (non-hydrogen) atoms. The highest BCUT2D eigenvalue weighted by Crippen LogP contribution is 2.37. The molecule has 3 rings (SSSR count). The Kier molecular flexibility index (Phi) is 3.45. The first-order valence-electron chi connectivity index (χ1n) is 7.86. The second-order valence-corrected chi connectivity index (χ2v) is 6.26. The van der Waals surface area contributed by atoms with Gasteiger partial charge in [0.05, 0.1) is 5.56 Å². The number of nitrogens with one attached hydrogen (secondary N) is 1. The summed E-state index contributed by atoms with van der Waals surface area (Å²) in [4.78, 5) is 15.1. The van der Waals surface area contributed by atoms with Crippen LogP contribution in [0.1, 0.15) is 62.7 Å². The van der Waals surface area contributed by atoms with Crippen molar-refractivity contribution in [2.45, 2.75) is 64.1 Å². The molecule has 1 amide bonds. The van der Waals surface area contributed by atoms with Crippen LogP contribution in [0.15, 0.2) is 24.3 Å². The van der Waals surface area contributed by atoms with E-state index in [2.05, 4.69) is 24.1 Å². The summed E-state index contributed by atoms with van der Waals surface area (Å²) in [6, 6.07) is 8.29. The van der Waals surface area contributed by atoms with E-state index in [1.54, 1.807) is 0 Å². The maximum atomic E-state index is 13.0. The minimum atomic E-state index is -0.257. The molecule has 3 heteroatoms. The van der Waals surface area contributed by atoms with Crippen molar-refractivity contribution in [1.29, 1.82) is 0 Å². The Morgan fingerprint density at radius 3 is 2.65 bits per heavy atom. The summed E-state index contributed by atoms with van der Waals surface area (Å²) in [6.07, 6.45) is 7.01. The number of carbonyl (C=O) groups is 1. The molecule has 1 unspecified atom stereocenters. The van der Waals surface area contributed by atoms with Gasteiger partial charge in [-0.05, 0) is 38.3 Å². The second kappa shape index (κ2) is 5.12. The van der Waals surface area contributed by atoms with Gasteiger partial charge in [-0.1, -0.05) is 38.3 Å². The number of hydrogen-bond donors (Lipinski definition) is 1. The van der Waals surface area contributed by atoms with Crippen LogP contribution in [0.4, 0.5) is 5.69 Å². The fourth-order valence-corrected chi connectivity index (χ4v) is 3.65. The van der Waals surface area contributed by atoms with E-state index >= 15 is 0 Å². The molecule has 1 fully saturated rings. The summed E-state index contributed by atoms with van der Waals surface area (Å²) in [7, 11) is 0. The number of nitrogens with zero attached hydrogens (tertiary/aromatic N) is 1. The molecule has 0 radical (unpaired) electrons. The number of para-hydroxylation sites is 1. The molecule has 1 atom stereocenters. The molecule has 1 aromatic carbocycles. The van der Waals surface area contributed by atoms with Crippen LogP contribution in [0, 0.1) is 0 Å². The van der Waals surface area contributed by atoms with Gasteiger partial charge in [0, 0.05) is 11.7 Å². The third-order valence-electron chi connectivity index (χ3n) is 4.94. The quantitative estimate of drug-likeness (QED) is 0.882. The molecule has 1 aromatic rings. The zero-order chi connectivity index (χ0) is 14.2. The van der Waals surface area contributed by atoms with Crippen molar-refractivity contribution < 1.29 is 4.79 Å². The highest BCUT2D eigenvalue weighted by atomic mass is 16.2. The van der Waals surface area contributed by atoms with Gasteiger partial charge in [0.1, 0.15) is 5.66 Å². The van der Waals surface area contributed by atoms with E-state index in [-0.39, 0.29) is 11.6 Å². The fourth-order valence-electron chi connectivity index (χ4n) is 3.65. The molecule has 1 aliphatic carbocycles. The standard InChI is InChI=1S/C17H24N2O/c1-3-17(2)18-15-12-8-7-11-14(15)16(20)19(17)13-9-5-4-6-10-13/h7-8,11-13,18H,3-6,9-10H2,1-2H3. The third kappa shape index (κ3) is 2.09. The van der Waals surface area contributed by atoms with Crippen LogP contribution in [-0.2, 0) is 0 Å². The van der Waals surface area contributed by atoms with Crippen molar-refractivity contribution in [3.8, 4) is 0 Å². The lowest BCUT2D eigenvalue weighted by atomic mass is 9.89. The molecule has 0 saturated heterocycles. The summed E-state index contributed by atoms with van der Waals surface area (Å²) in [5, 5.41) is 3.61. The van der Waals surface area contributed by atoms with Crippen LogP contribution in [0.25, 0.3) is 0 Å². The number of hydrogen-bond acceptors (Lipinski definition) is 2. The summed E-state index contributed by atoms with van der Waals surface area (Å²) < 4.78 is 0. The van der Waals surface area contributed by atoms with Crippen molar-refractivity contribution in [2.24, 2.45) is 0 Å². The van der Waals surface area contributed by atoms with Crippen LogP contribution in [-0.4, -0.2) is 22.5 Å². The summed E-state index contributed by atoms with van der Waals surface area (Å²) in [5.41, 5.74) is 1.55. The van der Waals surface area contributed by atoms with Gasteiger partial charge in [0.15, 0.2) is 0 Å². The predicted molar refractivity (Wildman–Crippen MR) is 81.8 cm³/mol. The average molecular weight is 272 g/mol. The Morgan fingerprint density at radius 2 is 1.95 bits per heavy atom. The van der Waals surface area contributed by atoms with Gasteiger partial charge in [0.25, 0.3) is 5.91 Å². The van der Waals surface area contributed by atoms with Crippen LogP contribution >= 0.6 is 0 Å². The van der Waals surface area contributed by atoms with Gasteiger partial charge in [-0.3, -0.25) is 4.79 Å². The molecule has 1 saturated carbocycles. The number of anilines is 1. The lowest BCUT2D eigenvalue weighted by Gasteiger charge is -2.50. The van der Waals surface area contributed by atoms with Gasteiger partial charge < -0.3 is 10.2 Å². The summed E-state index contributed by atoms with van der Waals surface area (Å²) in [5.74, 6) is 0.204. The van der Waals surface area contributed by atoms with E-state index in [0.29, 0.717) is 6.04 Å². The Balaban J connectivity index is 2.00. The number of fused-ring (bicyclic) bond motifs is 1. The van der Waals surface area contributed by atoms with Crippen LogP contribution < -0.4 is 5.32 Å². The monoisotopic (exact) mass is 272 g/mol. The number of benzene rings is 1. The maximum absolute atomic E-state index is 13.0. The van der Waals surface area contributed by atoms with Crippen molar-refractivity contribution in [2.75, 3.05) is 5.32 Å². The van der Waals surface area contributed by atoms with Gasteiger partial charge in [-0.2, -0.15) is 0 Å². The number of rotatable bonds is 2. The van der Waals surface area contributed by atoms with E-state index in [1.165, 1.54) is 19.3 Å². The first-order chi connectivity index (χ1) is 9.65. The molecule has 0 aromatic heterocycles. The van der Waals surface area contributed by atoms with Crippen molar-refractivity contribution in [1.82, 2.24) is 4.90 Å². The Hall–Kier alpha value is -1.51. The van der Waals surface area contributed by atoms with Crippen LogP contribution in [0.2, 0.25) is 0 Å². The Labute approximate surface area is 121 Å². The van der Waals surface area contributed by atoms with E-state index < -0.39 is 0 Å². The van der Waals surface area contributed by atoms with Crippen molar-refractivity contribution in [3.63, 3.8) is 0 Å². The third-order valence-corrected chi connectivity index (χ3v) is 4.94. The molecule has 1 heterocycles. The normalized spacial score (nSPS) is 27.1. The van der Waals surface area contributed by atoms with Gasteiger partial charge >= 0.3 is 0 Å². The topological polar surface area (TPSA) is 32.3 Å². The van der Waals surface area contributed by atoms with Crippen molar-refractivity contribution in [3.05, 3.63) is 29.8 Å². The fraction of sp³-hybridized carbons (Fsp3) is 0.588. The zero-order valence-electron chi connectivity index (χ0n) is 12.5. The van der Waals surface area contributed by atoms with Gasteiger partial charge in [-0.15, -0.1) is 0 Å². The van der Waals surface area contributed by atoms with Crippen molar-refractivity contribution >= 4 is 11.6 Å². The molecule has 3 nitrogen and oxygen atoms in total. The lowest BCUT2D eigenvalue weighted by molar-refractivity contribution is 0.0304. The molecular formula is C17H24N2O. The highest BCUT2D eigenvalue weighted by molar-refractivity contribution is 6.02. The average Bonchev–Trinajstić information content (AvgIpc) is 2.48. The first kappa shape index (κ1) is 13.5. The van der Waals surface area contributed by atoms with Crippen LogP contribution in [0.5, 0.6) is 0 Å². The van der Waals surface area contributed by atoms with E-state index in [0.717, 1.165) is 30.5 Å². The molecule has 1 N–H and O–H groups in total. The van der Waals surface area contributed by atoms with Gasteiger partial charge in [-0.25, -0.2) is 0 Å².